The number of aromatic nitrogens is 1. The van der Waals surface area contributed by atoms with E-state index < -0.39 is 15.9 Å². The maximum Gasteiger partial charge on any atom is 0.239 e. The summed E-state index contributed by atoms with van der Waals surface area (Å²) in [6.45, 7) is 1.06. The minimum absolute atomic E-state index is 0.179. The van der Waals surface area contributed by atoms with Gasteiger partial charge in [0.2, 0.25) is 21.8 Å². The fourth-order valence-electron chi connectivity index (χ4n) is 2.58. The first-order valence-electron chi connectivity index (χ1n) is 7.88. The van der Waals surface area contributed by atoms with Crippen LogP contribution in [-0.2, 0) is 19.6 Å². The van der Waals surface area contributed by atoms with E-state index in [9.17, 15) is 18.0 Å². The van der Waals surface area contributed by atoms with E-state index in [0.29, 0.717) is 18.1 Å². The van der Waals surface area contributed by atoms with Gasteiger partial charge in [0.1, 0.15) is 5.82 Å². The standard InChI is InChI=1S/C15H23N5O4S/c1-19(25(2,23)24)10-14(21)18-12-5-6-13(17-8-12)20-7-3-4-11(9-20)15(16)22/h5-6,8,11H,3-4,7,9-10H2,1-2H3,(H2,16,22)(H,18,21). The van der Waals surface area contributed by atoms with E-state index in [1.54, 1.807) is 12.1 Å². The maximum atomic E-state index is 11.9. The van der Waals surface area contributed by atoms with Crippen molar-refractivity contribution in [3.63, 3.8) is 0 Å². The van der Waals surface area contributed by atoms with Gasteiger partial charge in [-0.3, -0.25) is 9.59 Å². The molecule has 138 valence electrons. The number of hydrogen-bond donors (Lipinski definition) is 2. The molecule has 0 radical (unpaired) electrons. The third-order valence-electron chi connectivity index (χ3n) is 4.11. The quantitative estimate of drug-likeness (QED) is 0.703. The number of nitrogens with one attached hydrogen (secondary N) is 1. The summed E-state index contributed by atoms with van der Waals surface area (Å²) in [5.74, 6) is -0.225. The zero-order valence-corrected chi connectivity index (χ0v) is 15.1. The number of piperidine rings is 1. The van der Waals surface area contributed by atoms with Crippen LogP contribution in [0.2, 0.25) is 0 Å². The van der Waals surface area contributed by atoms with Gasteiger partial charge in [0, 0.05) is 20.1 Å². The number of sulfonamides is 1. The third kappa shape index (κ3) is 5.40. The SMILES string of the molecule is CN(CC(=O)Nc1ccc(N2CCCC(C(N)=O)C2)nc1)S(C)(=O)=O. The van der Waals surface area contributed by atoms with Gasteiger partial charge in [-0.25, -0.2) is 13.4 Å². The lowest BCUT2D eigenvalue weighted by Crippen LogP contribution is -2.41. The molecule has 10 heteroatoms. The van der Waals surface area contributed by atoms with Crippen LogP contribution < -0.4 is 16.0 Å². The summed E-state index contributed by atoms with van der Waals surface area (Å²) in [5.41, 5.74) is 5.85. The summed E-state index contributed by atoms with van der Waals surface area (Å²) >= 11 is 0. The van der Waals surface area contributed by atoms with Gasteiger partial charge in [0.15, 0.2) is 0 Å². The van der Waals surface area contributed by atoms with Crippen molar-refractivity contribution in [3.8, 4) is 0 Å². The molecule has 2 heterocycles. The topological polar surface area (TPSA) is 126 Å². The number of amides is 2. The first-order valence-corrected chi connectivity index (χ1v) is 9.73. The molecule has 1 atom stereocenters. The van der Waals surface area contributed by atoms with Crippen molar-refractivity contribution in [2.24, 2.45) is 11.7 Å². The molecule has 25 heavy (non-hydrogen) atoms. The van der Waals surface area contributed by atoms with E-state index in [2.05, 4.69) is 10.3 Å². The number of carbonyl (C=O) groups excluding carboxylic acids is 2. The van der Waals surface area contributed by atoms with Gasteiger partial charge in [-0.1, -0.05) is 0 Å². The Bertz CT molecular complexity index is 735. The monoisotopic (exact) mass is 369 g/mol. The molecule has 3 N–H and O–H groups in total. The molecular weight excluding hydrogens is 346 g/mol. The Morgan fingerprint density at radius 2 is 2.16 bits per heavy atom. The zero-order chi connectivity index (χ0) is 18.6. The Hall–Kier alpha value is -2.20. The second-order valence-corrected chi connectivity index (χ2v) is 8.25. The highest BCUT2D eigenvalue weighted by atomic mass is 32.2. The summed E-state index contributed by atoms with van der Waals surface area (Å²) < 4.78 is 23.6. The summed E-state index contributed by atoms with van der Waals surface area (Å²) in [6, 6.07) is 3.44. The number of nitrogens with two attached hydrogens (primary N) is 1. The first-order chi connectivity index (χ1) is 11.7. The van der Waals surface area contributed by atoms with Crippen LogP contribution in [0.5, 0.6) is 0 Å². The van der Waals surface area contributed by atoms with Crippen LogP contribution in [0.1, 0.15) is 12.8 Å². The molecule has 0 spiro atoms. The second kappa shape index (κ2) is 7.79. The number of pyridine rings is 1. The van der Waals surface area contributed by atoms with Crippen LogP contribution in [0, 0.1) is 5.92 Å². The first kappa shape index (κ1) is 19.1. The smallest absolute Gasteiger partial charge is 0.239 e. The number of rotatable bonds is 6. The zero-order valence-electron chi connectivity index (χ0n) is 14.3. The Labute approximate surface area is 147 Å². The highest BCUT2D eigenvalue weighted by molar-refractivity contribution is 7.88. The Kier molecular flexibility index (Phi) is 5.96. The molecule has 1 unspecified atom stereocenters. The van der Waals surface area contributed by atoms with Crippen molar-refractivity contribution in [2.45, 2.75) is 12.8 Å². The molecule has 1 aromatic rings. The highest BCUT2D eigenvalue weighted by Gasteiger charge is 2.24. The van der Waals surface area contributed by atoms with Crippen LogP contribution in [0.4, 0.5) is 11.5 Å². The number of likely N-dealkylation sites (N-methyl/N-ethyl adjacent to an activating group) is 1. The molecule has 1 aromatic heterocycles. The summed E-state index contributed by atoms with van der Waals surface area (Å²) in [4.78, 5) is 29.5. The van der Waals surface area contributed by atoms with E-state index in [1.165, 1.54) is 13.2 Å². The van der Waals surface area contributed by atoms with Crippen molar-refractivity contribution in [1.82, 2.24) is 9.29 Å². The average Bonchev–Trinajstić information content (AvgIpc) is 2.54. The molecule has 1 saturated heterocycles. The fourth-order valence-corrected chi connectivity index (χ4v) is 2.94. The average molecular weight is 369 g/mol. The Balaban J connectivity index is 1.95. The maximum absolute atomic E-state index is 11.9. The molecule has 1 aliphatic rings. The molecule has 0 saturated carbocycles. The lowest BCUT2D eigenvalue weighted by atomic mass is 9.97. The third-order valence-corrected chi connectivity index (χ3v) is 5.37. The molecule has 2 amide bonds. The molecule has 1 aliphatic heterocycles. The van der Waals surface area contributed by atoms with Gasteiger partial charge in [-0.05, 0) is 25.0 Å². The van der Waals surface area contributed by atoms with Crippen molar-refractivity contribution in [2.75, 3.05) is 43.2 Å². The number of hydrogen-bond acceptors (Lipinski definition) is 6. The minimum Gasteiger partial charge on any atom is -0.369 e. The molecule has 1 fully saturated rings. The second-order valence-electron chi connectivity index (χ2n) is 6.16. The van der Waals surface area contributed by atoms with Crippen LogP contribution in [-0.4, -0.2) is 62.5 Å². The predicted octanol–water partition coefficient (Wildman–Crippen LogP) is -0.387. The molecule has 0 aliphatic carbocycles. The summed E-state index contributed by atoms with van der Waals surface area (Å²) in [6.07, 6.45) is 4.19. The lowest BCUT2D eigenvalue weighted by Gasteiger charge is -2.32. The van der Waals surface area contributed by atoms with Crippen LogP contribution in [0.15, 0.2) is 18.3 Å². The molecule has 0 aromatic carbocycles. The van der Waals surface area contributed by atoms with Gasteiger partial charge >= 0.3 is 0 Å². The van der Waals surface area contributed by atoms with Gasteiger partial charge < -0.3 is 16.0 Å². The molecule has 0 bridgehead atoms. The van der Waals surface area contributed by atoms with Gasteiger partial charge in [-0.15, -0.1) is 0 Å². The molecule has 9 nitrogen and oxygen atoms in total. The van der Waals surface area contributed by atoms with E-state index >= 15 is 0 Å². The number of nitrogens with zero attached hydrogens (tertiary/aromatic N) is 3. The van der Waals surface area contributed by atoms with E-state index in [0.717, 1.165) is 29.9 Å². The van der Waals surface area contributed by atoms with Gasteiger partial charge in [0.05, 0.1) is 30.6 Å². The van der Waals surface area contributed by atoms with E-state index in [-0.39, 0.29) is 18.4 Å². The lowest BCUT2D eigenvalue weighted by molar-refractivity contribution is -0.122. The number of carbonyl (C=O) groups is 2. The Morgan fingerprint density at radius 1 is 1.44 bits per heavy atom. The van der Waals surface area contributed by atoms with E-state index in [1.807, 2.05) is 4.90 Å². The van der Waals surface area contributed by atoms with Crippen molar-refractivity contribution < 1.29 is 18.0 Å². The normalized spacial score (nSPS) is 18.2. The van der Waals surface area contributed by atoms with Crippen molar-refractivity contribution >= 4 is 33.3 Å². The van der Waals surface area contributed by atoms with Crippen molar-refractivity contribution in [1.29, 1.82) is 0 Å². The summed E-state index contributed by atoms with van der Waals surface area (Å²) in [7, 11) is -2.08. The van der Waals surface area contributed by atoms with Gasteiger partial charge in [0.25, 0.3) is 0 Å². The molecular formula is C15H23N5O4S. The van der Waals surface area contributed by atoms with Gasteiger partial charge in [-0.2, -0.15) is 4.31 Å². The minimum atomic E-state index is -3.41. The largest absolute Gasteiger partial charge is 0.369 e. The number of primary amides is 1. The Morgan fingerprint density at radius 3 is 2.72 bits per heavy atom. The summed E-state index contributed by atoms with van der Waals surface area (Å²) in [5, 5.41) is 2.60. The predicted molar refractivity (Wildman–Crippen MR) is 94.5 cm³/mol. The van der Waals surface area contributed by atoms with Crippen LogP contribution in [0.3, 0.4) is 0 Å². The molecule has 2 rings (SSSR count). The van der Waals surface area contributed by atoms with Crippen molar-refractivity contribution in [3.05, 3.63) is 18.3 Å². The van der Waals surface area contributed by atoms with Crippen LogP contribution >= 0.6 is 0 Å². The van der Waals surface area contributed by atoms with Crippen LogP contribution in [0.25, 0.3) is 0 Å². The van der Waals surface area contributed by atoms with E-state index in [4.69, 9.17) is 5.73 Å². The fraction of sp³-hybridized carbons (Fsp3) is 0.533. The highest BCUT2D eigenvalue weighted by Crippen LogP contribution is 2.22. The number of anilines is 2.